The minimum atomic E-state index is 0.457. The van der Waals surface area contributed by atoms with E-state index >= 15 is 0 Å². The second-order valence-corrected chi connectivity index (χ2v) is 5.18. The van der Waals surface area contributed by atoms with Gasteiger partial charge in [-0.3, -0.25) is 0 Å². The molecule has 1 N–H and O–H groups in total. The summed E-state index contributed by atoms with van der Waals surface area (Å²) >= 11 is 0. The van der Waals surface area contributed by atoms with Crippen LogP contribution in [0, 0.1) is 29.6 Å². The molecule has 5 atom stereocenters. The van der Waals surface area contributed by atoms with Crippen LogP contribution in [0.1, 0.15) is 32.1 Å². The van der Waals surface area contributed by atoms with Crippen LogP contribution >= 0.6 is 0 Å². The second-order valence-electron chi connectivity index (χ2n) is 5.18. The number of fused-ring (bicyclic) bond motifs is 2. The lowest BCUT2D eigenvalue weighted by molar-refractivity contribution is 0.233. The van der Waals surface area contributed by atoms with Gasteiger partial charge in [0.25, 0.3) is 0 Å². The highest BCUT2D eigenvalue weighted by molar-refractivity contribution is 5.00. The Kier molecular flexibility index (Phi) is 1.52. The SMILES string of the molecule is OCC1CC1C1CC2CCC1C2. The Bertz CT molecular complexity index is 189. The molecule has 0 aromatic rings. The minimum Gasteiger partial charge on any atom is -0.396 e. The van der Waals surface area contributed by atoms with Crippen LogP contribution in [0.3, 0.4) is 0 Å². The molecule has 0 aromatic heterocycles. The first-order valence-corrected chi connectivity index (χ1v) is 5.49. The Morgan fingerprint density at radius 1 is 1.00 bits per heavy atom. The van der Waals surface area contributed by atoms with E-state index in [9.17, 15) is 0 Å². The topological polar surface area (TPSA) is 20.2 Å². The van der Waals surface area contributed by atoms with Crippen molar-refractivity contribution < 1.29 is 5.11 Å². The maximum absolute atomic E-state index is 9.01. The van der Waals surface area contributed by atoms with E-state index in [-0.39, 0.29) is 0 Å². The molecule has 0 aromatic carbocycles. The molecule has 3 fully saturated rings. The number of hydrogen-bond acceptors (Lipinski definition) is 1. The van der Waals surface area contributed by atoms with Gasteiger partial charge in [0.15, 0.2) is 0 Å². The molecular weight excluding hydrogens is 148 g/mol. The lowest BCUT2D eigenvalue weighted by atomic mass is 9.84. The van der Waals surface area contributed by atoms with Crippen molar-refractivity contribution in [3.05, 3.63) is 0 Å². The summed E-state index contributed by atoms with van der Waals surface area (Å²) in [7, 11) is 0. The van der Waals surface area contributed by atoms with Gasteiger partial charge in [-0.1, -0.05) is 6.42 Å². The predicted molar refractivity (Wildman–Crippen MR) is 47.6 cm³/mol. The number of hydrogen-bond donors (Lipinski definition) is 1. The third-order valence-corrected chi connectivity index (χ3v) is 4.55. The van der Waals surface area contributed by atoms with Crippen molar-refractivity contribution in [1.29, 1.82) is 0 Å². The molecule has 0 spiro atoms. The zero-order valence-electron chi connectivity index (χ0n) is 7.58. The van der Waals surface area contributed by atoms with Gasteiger partial charge >= 0.3 is 0 Å². The van der Waals surface area contributed by atoms with E-state index in [1.54, 1.807) is 0 Å². The fourth-order valence-corrected chi connectivity index (χ4v) is 3.82. The van der Waals surface area contributed by atoms with E-state index in [1.165, 1.54) is 32.1 Å². The molecule has 1 heteroatoms. The molecule has 5 unspecified atom stereocenters. The molecule has 3 saturated carbocycles. The van der Waals surface area contributed by atoms with Gasteiger partial charge in [-0.15, -0.1) is 0 Å². The van der Waals surface area contributed by atoms with E-state index in [4.69, 9.17) is 5.11 Å². The highest BCUT2D eigenvalue weighted by atomic mass is 16.3. The van der Waals surface area contributed by atoms with E-state index in [1.807, 2.05) is 0 Å². The highest BCUT2D eigenvalue weighted by Crippen LogP contribution is 2.58. The van der Waals surface area contributed by atoms with Crippen molar-refractivity contribution in [2.24, 2.45) is 29.6 Å². The van der Waals surface area contributed by atoms with Gasteiger partial charge in [0.1, 0.15) is 0 Å². The molecule has 68 valence electrons. The lowest BCUT2D eigenvalue weighted by Crippen LogP contribution is -2.13. The van der Waals surface area contributed by atoms with Crippen LogP contribution in [0.2, 0.25) is 0 Å². The third kappa shape index (κ3) is 0.953. The Hall–Kier alpha value is -0.0400. The van der Waals surface area contributed by atoms with E-state index < -0.39 is 0 Å². The fourth-order valence-electron chi connectivity index (χ4n) is 3.82. The predicted octanol–water partition coefficient (Wildman–Crippen LogP) is 2.05. The van der Waals surface area contributed by atoms with Gasteiger partial charge in [-0.25, -0.2) is 0 Å². The van der Waals surface area contributed by atoms with E-state index in [0.717, 1.165) is 23.7 Å². The van der Waals surface area contributed by atoms with E-state index in [2.05, 4.69) is 0 Å². The summed E-state index contributed by atoms with van der Waals surface area (Å²) in [6.07, 6.45) is 7.39. The molecule has 0 amide bonds. The monoisotopic (exact) mass is 166 g/mol. The molecule has 0 aliphatic heterocycles. The van der Waals surface area contributed by atoms with Gasteiger partial charge < -0.3 is 5.11 Å². The van der Waals surface area contributed by atoms with Gasteiger partial charge in [-0.05, 0) is 55.3 Å². The van der Waals surface area contributed by atoms with Gasteiger partial charge in [0, 0.05) is 6.61 Å². The first-order chi connectivity index (χ1) is 5.88. The first-order valence-electron chi connectivity index (χ1n) is 5.49. The molecule has 1 nitrogen and oxygen atoms in total. The van der Waals surface area contributed by atoms with Crippen LogP contribution in [0.25, 0.3) is 0 Å². The average molecular weight is 166 g/mol. The van der Waals surface area contributed by atoms with Crippen LogP contribution in [0.5, 0.6) is 0 Å². The van der Waals surface area contributed by atoms with Gasteiger partial charge in [-0.2, -0.15) is 0 Å². The molecule has 0 heterocycles. The zero-order valence-corrected chi connectivity index (χ0v) is 7.58. The second kappa shape index (κ2) is 2.47. The zero-order chi connectivity index (χ0) is 8.13. The van der Waals surface area contributed by atoms with Gasteiger partial charge in [0.2, 0.25) is 0 Å². The lowest BCUT2D eigenvalue weighted by Gasteiger charge is -2.21. The van der Waals surface area contributed by atoms with Crippen LogP contribution in [0.15, 0.2) is 0 Å². The number of aliphatic hydroxyl groups excluding tert-OH is 1. The molecule has 3 aliphatic rings. The fraction of sp³-hybridized carbons (Fsp3) is 1.00. The molecule has 3 aliphatic carbocycles. The Labute approximate surface area is 74.2 Å². The standard InChI is InChI=1S/C11H18O/c12-6-9-5-11(9)10-4-7-1-2-8(10)3-7/h7-12H,1-6H2. The summed E-state index contributed by atoms with van der Waals surface area (Å²) < 4.78 is 0. The number of aliphatic hydroxyl groups is 1. The summed E-state index contributed by atoms with van der Waals surface area (Å²) in [4.78, 5) is 0. The number of rotatable bonds is 2. The maximum atomic E-state index is 9.01. The van der Waals surface area contributed by atoms with Crippen molar-refractivity contribution in [1.82, 2.24) is 0 Å². The van der Waals surface area contributed by atoms with Crippen molar-refractivity contribution in [2.45, 2.75) is 32.1 Å². The molecule has 2 bridgehead atoms. The van der Waals surface area contributed by atoms with Crippen LogP contribution < -0.4 is 0 Å². The Morgan fingerprint density at radius 2 is 1.92 bits per heavy atom. The summed E-state index contributed by atoms with van der Waals surface area (Å²) in [6, 6.07) is 0. The summed E-state index contributed by atoms with van der Waals surface area (Å²) in [5.41, 5.74) is 0. The van der Waals surface area contributed by atoms with Crippen LogP contribution in [0.4, 0.5) is 0 Å². The van der Waals surface area contributed by atoms with Crippen LogP contribution in [-0.4, -0.2) is 11.7 Å². The summed E-state index contributed by atoms with van der Waals surface area (Å²) in [6.45, 7) is 0.457. The maximum Gasteiger partial charge on any atom is 0.0462 e. The summed E-state index contributed by atoms with van der Waals surface area (Å²) in [5.74, 6) is 4.82. The Balaban J connectivity index is 1.65. The average Bonchev–Trinajstić information content (AvgIpc) is 2.59. The molecule has 12 heavy (non-hydrogen) atoms. The van der Waals surface area contributed by atoms with Crippen molar-refractivity contribution in [3.63, 3.8) is 0 Å². The quantitative estimate of drug-likeness (QED) is 0.665. The first kappa shape index (κ1) is 7.37. The molecular formula is C11H18O. The van der Waals surface area contributed by atoms with Gasteiger partial charge in [0.05, 0.1) is 0 Å². The van der Waals surface area contributed by atoms with Crippen molar-refractivity contribution in [3.8, 4) is 0 Å². The highest BCUT2D eigenvalue weighted by Gasteiger charge is 2.50. The van der Waals surface area contributed by atoms with Crippen molar-refractivity contribution in [2.75, 3.05) is 6.61 Å². The molecule has 3 rings (SSSR count). The van der Waals surface area contributed by atoms with E-state index in [0.29, 0.717) is 12.5 Å². The van der Waals surface area contributed by atoms with Crippen LogP contribution in [-0.2, 0) is 0 Å². The molecule has 0 radical (unpaired) electrons. The summed E-state index contributed by atoms with van der Waals surface area (Å²) in [5, 5.41) is 9.01. The van der Waals surface area contributed by atoms with Crippen molar-refractivity contribution >= 4 is 0 Å². The smallest absolute Gasteiger partial charge is 0.0462 e. The minimum absolute atomic E-state index is 0.457. The Morgan fingerprint density at radius 3 is 2.42 bits per heavy atom. The molecule has 0 saturated heterocycles. The third-order valence-electron chi connectivity index (χ3n) is 4.55. The largest absolute Gasteiger partial charge is 0.396 e. The normalized spacial score (nSPS) is 56.2.